The number of H-pyrrole nitrogens is 1. The van der Waals surface area contributed by atoms with Gasteiger partial charge in [-0.05, 0) is 37.3 Å². The van der Waals surface area contributed by atoms with Gasteiger partial charge in [-0.2, -0.15) is 16.8 Å². The molecule has 15 heteroatoms. The molecule has 36 heavy (non-hydrogen) atoms. The first-order valence-corrected chi connectivity index (χ1v) is 13.2. The molecule has 0 unspecified atom stereocenters. The lowest BCUT2D eigenvalue weighted by molar-refractivity contribution is -0.136. The van der Waals surface area contributed by atoms with Gasteiger partial charge in [0.05, 0.1) is 17.5 Å². The van der Waals surface area contributed by atoms with Crippen LogP contribution < -0.4 is 10.5 Å². The van der Waals surface area contributed by atoms with Gasteiger partial charge in [0.1, 0.15) is 26.8 Å². The summed E-state index contributed by atoms with van der Waals surface area (Å²) in [4.78, 5) is 30.1. The molecule has 2 aromatic carbocycles. The fourth-order valence-corrected chi connectivity index (χ4v) is 5.50. The lowest BCUT2D eigenvalue weighted by Gasteiger charge is -2.22. The number of carboxylic acid groups (broad SMARTS) is 1. The lowest BCUT2D eigenvalue weighted by atomic mass is 10.1. The predicted octanol–water partition coefficient (Wildman–Crippen LogP) is 2.13. The molecule has 0 aliphatic heterocycles. The van der Waals surface area contributed by atoms with E-state index in [4.69, 9.17) is 9.52 Å². The molecule has 0 bridgehead atoms. The normalized spacial score (nSPS) is 12.3. The minimum Gasteiger partial charge on any atom is -0.481 e. The average Bonchev–Trinajstić information content (AvgIpc) is 3.19. The van der Waals surface area contributed by atoms with Gasteiger partial charge >= 0.3 is 11.6 Å². The topological polar surface area (TPSA) is 208 Å². The number of aliphatic carboxylic acids is 1. The van der Waals surface area contributed by atoms with Gasteiger partial charge in [-0.1, -0.05) is 0 Å². The molecular formula is C21H19N3O10S2. The Bertz CT molecular complexity index is 1720. The van der Waals surface area contributed by atoms with Crippen molar-refractivity contribution in [1.29, 1.82) is 0 Å². The second-order valence-electron chi connectivity index (χ2n) is 7.74. The molecule has 0 saturated heterocycles. The number of aromatic amines is 1. The molecule has 0 aliphatic carbocycles. The third-order valence-corrected chi connectivity index (χ3v) is 7.34. The Kier molecular flexibility index (Phi) is 6.34. The number of carboxylic acids is 1. The van der Waals surface area contributed by atoms with Crippen LogP contribution in [0.3, 0.4) is 0 Å². The molecule has 4 aromatic rings. The molecule has 0 radical (unpaired) electrons. The quantitative estimate of drug-likeness (QED) is 0.188. The van der Waals surface area contributed by atoms with E-state index in [1.807, 2.05) is 6.92 Å². The highest BCUT2D eigenvalue weighted by Crippen LogP contribution is 2.29. The van der Waals surface area contributed by atoms with E-state index < -0.39 is 41.6 Å². The van der Waals surface area contributed by atoms with Crippen LogP contribution in [0.15, 0.2) is 55.4 Å². The number of nitrogens with one attached hydrogen (secondary N) is 1. The van der Waals surface area contributed by atoms with Crippen molar-refractivity contribution in [3.8, 4) is 11.4 Å². The van der Waals surface area contributed by atoms with Crippen LogP contribution in [0.1, 0.15) is 13.3 Å². The average molecular weight is 538 g/mol. The smallest absolute Gasteiger partial charge is 0.347 e. The second kappa shape index (κ2) is 9.02. The van der Waals surface area contributed by atoms with Gasteiger partial charge in [-0.25, -0.2) is 9.78 Å². The van der Waals surface area contributed by atoms with E-state index in [0.717, 1.165) is 12.1 Å². The molecule has 0 atom stereocenters. The van der Waals surface area contributed by atoms with Crippen molar-refractivity contribution in [3.05, 3.63) is 46.8 Å². The summed E-state index contributed by atoms with van der Waals surface area (Å²) >= 11 is 0. The van der Waals surface area contributed by atoms with Gasteiger partial charge in [0.25, 0.3) is 20.2 Å². The van der Waals surface area contributed by atoms with E-state index in [2.05, 4.69) is 9.97 Å². The number of hydrogen-bond acceptors (Lipinski definition) is 9. The van der Waals surface area contributed by atoms with Crippen molar-refractivity contribution in [2.24, 2.45) is 0 Å². The summed E-state index contributed by atoms with van der Waals surface area (Å²) in [7, 11) is -10.1. The van der Waals surface area contributed by atoms with Gasteiger partial charge in [0.15, 0.2) is 0 Å². The Labute approximate surface area is 203 Å². The zero-order valence-electron chi connectivity index (χ0n) is 18.5. The molecular weight excluding hydrogens is 518 g/mol. The van der Waals surface area contributed by atoms with Crippen molar-refractivity contribution in [2.45, 2.75) is 23.1 Å². The van der Waals surface area contributed by atoms with Crippen molar-refractivity contribution < 1.29 is 40.3 Å². The third kappa shape index (κ3) is 4.94. The monoisotopic (exact) mass is 537 g/mol. The summed E-state index contributed by atoms with van der Waals surface area (Å²) in [5.41, 5.74) is -0.104. The van der Waals surface area contributed by atoms with Gasteiger partial charge in [0.2, 0.25) is 0 Å². The van der Waals surface area contributed by atoms with Gasteiger partial charge in [-0.3, -0.25) is 13.9 Å². The predicted molar refractivity (Wildman–Crippen MR) is 127 cm³/mol. The van der Waals surface area contributed by atoms with E-state index >= 15 is 0 Å². The molecule has 13 nitrogen and oxygen atoms in total. The summed E-state index contributed by atoms with van der Waals surface area (Å²) < 4.78 is 70.8. The summed E-state index contributed by atoms with van der Waals surface area (Å²) in [5, 5.41) is 9.43. The minimum absolute atomic E-state index is 0.0307. The fourth-order valence-electron chi connectivity index (χ4n) is 3.71. The maximum absolute atomic E-state index is 12.7. The van der Waals surface area contributed by atoms with E-state index in [1.54, 1.807) is 23.1 Å². The maximum atomic E-state index is 12.7. The Morgan fingerprint density at radius 1 is 1.06 bits per heavy atom. The number of rotatable bonds is 8. The third-order valence-electron chi connectivity index (χ3n) is 5.42. The molecule has 4 N–H and O–H groups in total. The summed E-state index contributed by atoms with van der Waals surface area (Å²) in [5.74, 6) is -1.01. The zero-order valence-corrected chi connectivity index (χ0v) is 20.1. The number of nitrogens with zero attached hydrogens (tertiary/aromatic N) is 2. The molecule has 0 saturated carbocycles. The van der Waals surface area contributed by atoms with E-state index in [1.165, 1.54) is 6.07 Å². The fraction of sp³-hybridized carbons (Fsp3) is 0.190. The highest BCUT2D eigenvalue weighted by Gasteiger charge is 2.26. The standard InChI is InChI=1S/C21H19N3O10S2/c1-2-24(6-5-19(25)26)12-4-3-11-7-13(21(27)34-16(11)8-12)20-22-14-9-17(35(28,29)30)18(36(31,32)33)10-15(14)23-20/h3-4,7-10H,2,5-6H2,1H3,(H,22,23)(H,25,26)(H,28,29,30)(H,31,32,33). The van der Waals surface area contributed by atoms with Crippen LogP contribution in [-0.4, -0.2) is 60.1 Å². The largest absolute Gasteiger partial charge is 0.481 e. The molecule has 0 amide bonds. The Morgan fingerprint density at radius 3 is 2.33 bits per heavy atom. The highest BCUT2D eigenvalue weighted by atomic mass is 32.2. The van der Waals surface area contributed by atoms with Gasteiger partial charge < -0.3 is 19.4 Å². The summed E-state index contributed by atoms with van der Waals surface area (Å²) in [6, 6.07) is 7.97. The first kappa shape index (κ1) is 25.3. The summed E-state index contributed by atoms with van der Waals surface area (Å²) in [6.07, 6.45) is -0.0700. The van der Waals surface area contributed by atoms with Gasteiger partial charge in [-0.15, -0.1) is 0 Å². The number of carbonyl (C=O) groups is 1. The molecule has 4 rings (SSSR count). The minimum atomic E-state index is -5.03. The second-order valence-corrected chi connectivity index (χ2v) is 10.5. The number of hydrogen-bond donors (Lipinski definition) is 4. The summed E-state index contributed by atoms with van der Waals surface area (Å²) in [6.45, 7) is 2.64. The number of anilines is 1. The number of imidazole rings is 1. The van der Waals surface area contributed by atoms with Crippen LogP contribution in [-0.2, 0) is 25.0 Å². The van der Waals surface area contributed by atoms with Crippen LogP contribution in [0.2, 0.25) is 0 Å². The van der Waals surface area contributed by atoms with Crippen LogP contribution >= 0.6 is 0 Å². The van der Waals surface area contributed by atoms with Crippen molar-refractivity contribution >= 4 is 53.9 Å². The molecule has 0 spiro atoms. The van der Waals surface area contributed by atoms with E-state index in [9.17, 15) is 35.5 Å². The van der Waals surface area contributed by atoms with Crippen molar-refractivity contribution in [2.75, 3.05) is 18.0 Å². The highest BCUT2D eigenvalue weighted by molar-refractivity contribution is 7.89. The van der Waals surface area contributed by atoms with Crippen LogP contribution in [0.5, 0.6) is 0 Å². The first-order valence-electron chi connectivity index (χ1n) is 10.3. The van der Waals surface area contributed by atoms with Crippen LogP contribution in [0, 0.1) is 0 Å². The Morgan fingerprint density at radius 2 is 1.72 bits per heavy atom. The van der Waals surface area contributed by atoms with Crippen molar-refractivity contribution in [3.63, 3.8) is 0 Å². The molecule has 0 fully saturated rings. The van der Waals surface area contributed by atoms with Crippen molar-refractivity contribution in [1.82, 2.24) is 9.97 Å². The molecule has 2 heterocycles. The van der Waals surface area contributed by atoms with Gasteiger partial charge in [0, 0.05) is 30.2 Å². The molecule has 0 aliphatic rings. The van der Waals surface area contributed by atoms with Crippen LogP contribution in [0.4, 0.5) is 5.69 Å². The first-order chi connectivity index (χ1) is 16.8. The SMILES string of the molecule is CCN(CCC(=O)O)c1ccc2cc(-c3nc4cc(S(=O)(=O)O)c(S(=O)(=O)O)cc4[nH]3)c(=O)oc2c1. The number of fused-ring (bicyclic) bond motifs is 2. The lowest BCUT2D eigenvalue weighted by Crippen LogP contribution is -2.25. The Hall–Kier alpha value is -3.79. The Balaban J connectivity index is 1.81. The zero-order chi connectivity index (χ0) is 26.4. The maximum Gasteiger partial charge on any atom is 0.347 e. The van der Waals surface area contributed by atoms with E-state index in [0.29, 0.717) is 17.6 Å². The molecule has 2 aromatic heterocycles. The van der Waals surface area contributed by atoms with Crippen LogP contribution in [0.25, 0.3) is 33.4 Å². The number of benzene rings is 2. The molecule has 190 valence electrons. The number of aromatic nitrogens is 2. The van der Waals surface area contributed by atoms with E-state index in [-0.39, 0.29) is 41.0 Å².